The van der Waals surface area contributed by atoms with Crippen LogP contribution in [0.4, 0.5) is 0 Å². The molecular formula is C13H21N3O. The van der Waals surface area contributed by atoms with Gasteiger partial charge in [0.2, 0.25) is 5.91 Å². The zero-order valence-electron chi connectivity index (χ0n) is 10.5. The van der Waals surface area contributed by atoms with E-state index in [2.05, 4.69) is 16.7 Å². The molecule has 1 aliphatic carbocycles. The molecule has 17 heavy (non-hydrogen) atoms. The van der Waals surface area contributed by atoms with Crippen LogP contribution in [0.5, 0.6) is 0 Å². The third-order valence-electron chi connectivity index (χ3n) is 4.28. The molecule has 2 unspecified atom stereocenters. The Balaban J connectivity index is 1.84. The SMILES string of the molecule is CCC(CC#N)NC(=O)C1CC12CCNCC2. The van der Waals surface area contributed by atoms with Gasteiger partial charge in [0.15, 0.2) is 0 Å². The Kier molecular flexibility index (Phi) is 3.68. The van der Waals surface area contributed by atoms with Crippen LogP contribution in [-0.2, 0) is 4.79 Å². The molecule has 2 fully saturated rings. The maximum atomic E-state index is 12.1. The van der Waals surface area contributed by atoms with Gasteiger partial charge in [-0.15, -0.1) is 0 Å². The number of nitrogens with zero attached hydrogens (tertiary/aromatic N) is 1. The summed E-state index contributed by atoms with van der Waals surface area (Å²) in [4.78, 5) is 12.1. The third-order valence-corrected chi connectivity index (χ3v) is 4.28. The molecule has 0 bridgehead atoms. The number of carbonyl (C=O) groups excluding carboxylic acids is 1. The van der Waals surface area contributed by atoms with Crippen molar-refractivity contribution in [1.82, 2.24) is 10.6 Å². The number of piperidine rings is 1. The summed E-state index contributed by atoms with van der Waals surface area (Å²) in [6, 6.07) is 2.16. The van der Waals surface area contributed by atoms with E-state index in [9.17, 15) is 4.79 Å². The van der Waals surface area contributed by atoms with E-state index in [-0.39, 0.29) is 17.9 Å². The Morgan fingerprint density at radius 1 is 1.59 bits per heavy atom. The molecule has 1 saturated heterocycles. The maximum Gasteiger partial charge on any atom is 0.223 e. The summed E-state index contributed by atoms with van der Waals surface area (Å²) in [5.74, 6) is 0.381. The normalized spacial score (nSPS) is 27.2. The van der Waals surface area contributed by atoms with Crippen LogP contribution < -0.4 is 10.6 Å². The standard InChI is InChI=1S/C13H21N3O/c1-2-10(3-6-14)16-12(17)11-9-13(11)4-7-15-8-5-13/h10-11,15H,2-5,7-9H2,1H3,(H,16,17). The number of rotatable bonds is 4. The molecule has 1 amide bonds. The topological polar surface area (TPSA) is 64.9 Å². The van der Waals surface area contributed by atoms with Crippen molar-refractivity contribution in [3.8, 4) is 6.07 Å². The second kappa shape index (κ2) is 5.05. The van der Waals surface area contributed by atoms with Crippen molar-refractivity contribution < 1.29 is 4.79 Å². The second-order valence-electron chi connectivity index (χ2n) is 5.35. The van der Waals surface area contributed by atoms with Crippen LogP contribution >= 0.6 is 0 Å². The van der Waals surface area contributed by atoms with E-state index in [0.717, 1.165) is 38.8 Å². The van der Waals surface area contributed by atoms with Crippen molar-refractivity contribution in [2.75, 3.05) is 13.1 Å². The number of hydrogen-bond donors (Lipinski definition) is 2. The molecule has 1 saturated carbocycles. The highest BCUT2D eigenvalue weighted by Gasteiger charge is 2.57. The first kappa shape index (κ1) is 12.4. The van der Waals surface area contributed by atoms with Crippen LogP contribution in [0, 0.1) is 22.7 Å². The smallest absolute Gasteiger partial charge is 0.223 e. The average molecular weight is 235 g/mol. The van der Waals surface area contributed by atoms with Gasteiger partial charge in [-0.1, -0.05) is 6.92 Å². The first-order valence-corrected chi connectivity index (χ1v) is 6.60. The molecule has 4 nitrogen and oxygen atoms in total. The first-order chi connectivity index (χ1) is 8.22. The van der Waals surface area contributed by atoms with E-state index < -0.39 is 0 Å². The van der Waals surface area contributed by atoms with Gasteiger partial charge in [-0.25, -0.2) is 0 Å². The lowest BCUT2D eigenvalue weighted by molar-refractivity contribution is -0.124. The Bertz CT molecular complexity index is 328. The molecule has 0 aromatic carbocycles. The van der Waals surface area contributed by atoms with Crippen molar-refractivity contribution >= 4 is 5.91 Å². The Hall–Kier alpha value is -1.08. The Labute approximate surface area is 103 Å². The van der Waals surface area contributed by atoms with Gasteiger partial charge in [-0.3, -0.25) is 4.79 Å². The molecule has 1 heterocycles. The van der Waals surface area contributed by atoms with Crippen molar-refractivity contribution in [2.45, 2.75) is 45.1 Å². The van der Waals surface area contributed by atoms with Crippen molar-refractivity contribution in [3.63, 3.8) is 0 Å². The third kappa shape index (κ3) is 2.61. The van der Waals surface area contributed by atoms with E-state index in [0.29, 0.717) is 11.8 Å². The van der Waals surface area contributed by atoms with Crippen LogP contribution in [0.3, 0.4) is 0 Å². The van der Waals surface area contributed by atoms with E-state index in [1.165, 1.54) is 0 Å². The maximum absolute atomic E-state index is 12.1. The highest BCUT2D eigenvalue weighted by atomic mass is 16.2. The molecule has 2 aliphatic rings. The summed E-state index contributed by atoms with van der Waals surface area (Å²) in [5, 5.41) is 15.0. The molecule has 0 aromatic heterocycles. The van der Waals surface area contributed by atoms with Gasteiger partial charge in [0.05, 0.1) is 12.5 Å². The number of hydrogen-bond acceptors (Lipinski definition) is 3. The molecular weight excluding hydrogens is 214 g/mol. The fourth-order valence-electron chi connectivity index (χ4n) is 2.91. The molecule has 2 atom stereocenters. The average Bonchev–Trinajstić information content (AvgIpc) is 3.03. The van der Waals surface area contributed by atoms with Crippen molar-refractivity contribution in [3.05, 3.63) is 0 Å². The van der Waals surface area contributed by atoms with Gasteiger partial charge in [0, 0.05) is 12.0 Å². The summed E-state index contributed by atoms with van der Waals surface area (Å²) in [6.07, 6.45) is 4.55. The monoisotopic (exact) mass is 235 g/mol. The Morgan fingerprint density at radius 3 is 2.88 bits per heavy atom. The molecule has 2 N–H and O–H groups in total. The van der Waals surface area contributed by atoms with Gasteiger partial charge in [-0.2, -0.15) is 5.26 Å². The fraction of sp³-hybridized carbons (Fsp3) is 0.846. The van der Waals surface area contributed by atoms with Crippen LogP contribution in [0.2, 0.25) is 0 Å². The van der Waals surface area contributed by atoms with Gasteiger partial charge in [-0.05, 0) is 44.2 Å². The quantitative estimate of drug-likeness (QED) is 0.769. The molecule has 0 radical (unpaired) electrons. The summed E-state index contributed by atoms with van der Waals surface area (Å²) in [6.45, 7) is 4.09. The van der Waals surface area contributed by atoms with Gasteiger partial charge >= 0.3 is 0 Å². The molecule has 94 valence electrons. The van der Waals surface area contributed by atoms with Gasteiger partial charge < -0.3 is 10.6 Å². The van der Waals surface area contributed by atoms with Gasteiger partial charge in [0.25, 0.3) is 0 Å². The summed E-state index contributed by atoms with van der Waals surface area (Å²) < 4.78 is 0. The molecule has 1 aliphatic heterocycles. The minimum atomic E-state index is 0.0341. The van der Waals surface area contributed by atoms with E-state index in [4.69, 9.17) is 5.26 Å². The van der Waals surface area contributed by atoms with E-state index in [1.54, 1.807) is 0 Å². The zero-order valence-corrected chi connectivity index (χ0v) is 10.5. The fourth-order valence-corrected chi connectivity index (χ4v) is 2.91. The van der Waals surface area contributed by atoms with Crippen LogP contribution in [0.25, 0.3) is 0 Å². The van der Waals surface area contributed by atoms with Gasteiger partial charge in [0.1, 0.15) is 0 Å². The minimum absolute atomic E-state index is 0.0341. The minimum Gasteiger partial charge on any atom is -0.352 e. The lowest BCUT2D eigenvalue weighted by Crippen LogP contribution is -2.38. The lowest BCUT2D eigenvalue weighted by Gasteiger charge is -2.23. The highest BCUT2D eigenvalue weighted by molar-refractivity contribution is 5.82. The summed E-state index contributed by atoms with van der Waals surface area (Å²) in [5.41, 5.74) is 0.292. The van der Waals surface area contributed by atoms with E-state index >= 15 is 0 Å². The predicted molar refractivity (Wildman–Crippen MR) is 65.1 cm³/mol. The lowest BCUT2D eigenvalue weighted by atomic mass is 9.91. The van der Waals surface area contributed by atoms with E-state index in [1.807, 2.05) is 6.92 Å². The van der Waals surface area contributed by atoms with Crippen LogP contribution in [-0.4, -0.2) is 25.0 Å². The van der Waals surface area contributed by atoms with Crippen LogP contribution in [0.15, 0.2) is 0 Å². The molecule has 2 rings (SSSR count). The molecule has 1 spiro atoms. The second-order valence-corrected chi connectivity index (χ2v) is 5.35. The largest absolute Gasteiger partial charge is 0.352 e. The number of nitrogens with one attached hydrogen (secondary N) is 2. The number of nitriles is 1. The Morgan fingerprint density at radius 2 is 2.29 bits per heavy atom. The summed E-state index contributed by atoms with van der Waals surface area (Å²) >= 11 is 0. The molecule has 0 aromatic rings. The van der Waals surface area contributed by atoms with Crippen LogP contribution in [0.1, 0.15) is 39.0 Å². The zero-order chi connectivity index (χ0) is 12.3. The highest BCUT2D eigenvalue weighted by Crippen LogP contribution is 2.58. The first-order valence-electron chi connectivity index (χ1n) is 6.60. The number of carbonyl (C=O) groups is 1. The summed E-state index contributed by atoms with van der Waals surface area (Å²) in [7, 11) is 0. The molecule has 4 heteroatoms. The number of amides is 1. The van der Waals surface area contributed by atoms with Crippen molar-refractivity contribution in [1.29, 1.82) is 5.26 Å². The predicted octanol–water partition coefficient (Wildman–Crippen LogP) is 1.18. The van der Waals surface area contributed by atoms with Crippen molar-refractivity contribution in [2.24, 2.45) is 11.3 Å².